The molecule has 0 saturated carbocycles. The number of aromatic nitrogens is 2. The molecule has 0 fully saturated rings. The summed E-state index contributed by atoms with van der Waals surface area (Å²) in [7, 11) is 0. The second kappa shape index (κ2) is 12.8. The number of nitrogens with zero attached hydrogens (tertiary/aromatic N) is 2. The Morgan fingerprint density at radius 2 is 1.26 bits per heavy atom. The molecule has 5 aromatic carbocycles. The SMILES string of the molecule is CC1(C)c2ccccc2-c2c1cc1c(sc3ccccc31)c2-c1ccnc(-c2[c-]cccc2)c1.[Ir].[c-]1ccccc1-c1ccccn1. The number of thiophene rings is 1. The monoisotopic (exact) mass is 799 g/mol. The van der Waals surface area contributed by atoms with Crippen LogP contribution >= 0.6 is 11.3 Å². The summed E-state index contributed by atoms with van der Waals surface area (Å²) in [6, 6.07) is 52.8. The predicted octanol–water partition coefficient (Wildman–Crippen LogP) is 11.4. The molecule has 0 aliphatic heterocycles. The Morgan fingerprint density at radius 3 is 2.00 bits per heavy atom. The van der Waals surface area contributed by atoms with Crippen LogP contribution in [0.3, 0.4) is 0 Å². The number of hydrogen-bond donors (Lipinski definition) is 0. The molecule has 8 aromatic rings. The number of benzene rings is 5. The van der Waals surface area contributed by atoms with Crippen molar-refractivity contribution in [2.75, 3.05) is 0 Å². The van der Waals surface area contributed by atoms with Gasteiger partial charge in [-0.05, 0) is 63.5 Å². The minimum Gasteiger partial charge on any atom is -0.305 e. The fourth-order valence-electron chi connectivity index (χ4n) is 6.66. The Bertz CT molecular complexity index is 2290. The van der Waals surface area contributed by atoms with Crippen molar-refractivity contribution in [1.82, 2.24) is 9.97 Å². The van der Waals surface area contributed by atoms with E-state index in [9.17, 15) is 0 Å². The summed E-state index contributed by atoms with van der Waals surface area (Å²) in [5.41, 5.74) is 12.0. The van der Waals surface area contributed by atoms with Gasteiger partial charge in [0, 0.05) is 63.6 Å². The maximum absolute atomic E-state index is 4.70. The molecule has 0 spiro atoms. The van der Waals surface area contributed by atoms with Crippen LogP contribution in [0.5, 0.6) is 0 Å². The molecule has 0 amide bonds. The Balaban J connectivity index is 0.000000228. The summed E-state index contributed by atoms with van der Waals surface area (Å²) in [4.78, 5) is 8.91. The first kappa shape index (κ1) is 30.9. The van der Waals surface area contributed by atoms with Gasteiger partial charge in [-0.25, -0.2) is 0 Å². The van der Waals surface area contributed by atoms with Crippen molar-refractivity contribution < 1.29 is 20.1 Å². The van der Waals surface area contributed by atoms with Crippen molar-refractivity contribution in [3.63, 3.8) is 0 Å². The largest absolute Gasteiger partial charge is 0.305 e. The van der Waals surface area contributed by atoms with E-state index in [0.717, 1.165) is 22.5 Å². The number of pyridine rings is 2. The first-order chi connectivity index (χ1) is 22.6. The van der Waals surface area contributed by atoms with Gasteiger partial charge in [-0.15, -0.1) is 83.1 Å². The summed E-state index contributed by atoms with van der Waals surface area (Å²) in [6.45, 7) is 4.72. The van der Waals surface area contributed by atoms with Crippen LogP contribution in [0, 0.1) is 12.1 Å². The Hall–Kier alpha value is -4.73. The molecule has 3 aromatic heterocycles. The van der Waals surface area contributed by atoms with E-state index in [-0.39, 0.29) is 25.5 Å². The van der Waals surface area contributed by atoms with Crippen LogP contribution in [-0.4, -0.2) is 9.97 Å². The average Bonchev–Trinajstić information content (AvgIpc) is 3.61. The van der Waals surface area contributed by atoms with E-state index < -0.39 is 0 Å². The molecule has 9 rings (SSSR count). The van der Waals surface area contributed by atoms with Crippen LogP contribution in [0.2, 0.25) is 0 Å². The molecule has 1 aliphatic carbocycles. The van der Waals surface area contributed by atoms with Gasteiger partial charge in [0.25, 0.3) is 0 Å². The van der Waals surface area contributed by atoms with E-state index >= 15 is 0 Å². The maximum atomic E-state index is 4.70. The minimum absolute atomic E-state index is 0. The molecule has 0 bridgehead atoms. The molecule has 229 valence electrons. The van der Waals surface area contributed by atoms with Crippen LogP contribution in [0.4, 0.5) is 0 Å². The Kier molecular flexibility index (Phi) is 8.42. The molecule has 0 unspecified atom stereocenters. The van der Waals surface area contributed by atoms with Crippen molar-refractivity contribution in [1.29, 1.82) is 0 Å². The molecular formula is C43H30IrN2S-2. The van der Waals surface area contributed by atoms with Crippen molar-refractivity contribution in [3.8, 4) is 44.8 Å². The Morgan fingerprint density at radius 1 is 0.574 bits per heavy atom. The fourth-order valence-corrected chi connectivity index (χ4v) is 7.91. The van der Waals surface area contributed by atoms with E-state index in [0.29, 0.717) is 0 Å². The second-order valence-electron chi connectivity index (χ2n) is 12.0. The van der Waals surface area contributed by atoms with Crippen LogP contribution in [-0.2, 0) is 25.5 Å². The predicted molar refractivity (Wildman–Crippen MR) is 193 cm³/mol. The molecule has 47 heavy (non-hydrogen) atoms. The van der Waals surface area contributed by atoms with E-state index in [2.05, 4.69) is 104 Å². The minimum atomic E-state index is -0.0546. The van der Waals surface area contributed by atoms with Gasteiger partial charge in [-0.1, -0.05) is 74.5 Å². The van der Waals surface area contributed by atoms with Gasteiger partial charge in [0.05, 0.1) is 0 Å². The summed E-state index contributed by atoms with van der Waals surface area (Å²) in [5, 5.41) is 2.68. The normalized spacial score (nSPS) is 12.5. The van der Waals surface area contributed by atoms with Crippen LogP contribution in [0.15, 0.2) is 146 Å². The molecule has 2 nitrogen and oxygen atoms in total. The van der Waals surface area contributed by atoms with Crippen molar-refractivity contribution in [2.24, 2.45) is 0 Å². The number of rotatable bonds is 3. The molecular weight excluding hydrogens is 769 g/mol. The van der Waals surface area contributed by atoms with Gasteiger partial charge in [0.2, 0.25) is 0 Å². The van der Waals surface area contributed by atoms with Gasteiger partial charge >= 0.3 is 0 Å². The van der Waals surface area contributed by atoms with Crippen molar-refractivity contribution in [2.45, 2.75) is 19.3 Å². The molecule has 3 heterocycles. The Labute approximate surface area is 293 Å². The van der Waals surface area contributed by atoms with Crippen LogP contribution < -0.4 is 0 Å². The second-order valence-corrected chi connectivity index (χ2v) is 13.1. The first-order valence-electron chi connectivity index (χ1n) is 15.5. The average molecular weight is 799 g/mol. The third-order valence-electron chi connectivity index (χ3n) is 8.90. The van der Waals surface area contributed by atoms with Gasteiger partial charge < -0.3 is 9.97 Å². The molecule has 1 radical (unpaired) electrons. The van der Waals surface area contributed by atoms with E-state index in [1.807, 2.05) is 78.2 Å². The van der Waals surface area contributed by atoms with Gasteiger partial charge in [0.15, 0.2) is 0 Å². The van der Waals surface area contributed by atoms with Gasteiger partial charge in [-0.3, -0.25) is 0 Å². The van der Waals surface area contributed by atoms with Gasteiger partial charge in [-0.2, -0.15) is 0 Å². The van der Waals surface area contributed by atoms with Gasteiger partial charge in [0.1, 0.15) is 0 Å². The quantitative estimate of drug-likeness (QED) is 0.166. The van der Waals surface area contributed by atoms with E-state index in [1.54, 1.807) is 6.20 Å². The standard InChI is InChI=1S/C32H22NS.C11H8N.Ir/c1-32(2)25-14-8-6-13-23(25)30-26(32)19-24-22-12-7-9-15-28(22)34-31(24)29(30)21-16-17-33-27(18-21)20-10-4-3-5-11-20;1-2-6-10(7-3-1)11-8-4-5-9-12-11;/h3-10,12-19H,1-2H3;1-6,8-9H;/q2*-1;. The summed E-state index contributed by atoms with van der Waals surface area (Å²) in [5.74, 6) is 0. The zero-order valence-electron chi connectivity index (χ0n) is 26.0. The molecule has 4 heteroatoms. The summed E-state index contributed by atoms with van der Waals surface area (Å²) >= 11 is 1.90. The molecule has 1 aliphatic rings. The van der Waals surface area contributed by atoms with E-state index in [4.69, 9.17) is 4.98 Å². The zero-order chi connectivity index (χ0) is 31.1. The number of hydrogen-bond acceptors (Lipinski definition) is 3. The fraction of sp³-hybridized carbons (Fsp3) is 0.0698. The van der Waals surface area contributed by atoms with E-state index in [1.165, 1.54) is 53.6 Å². The number of fused-ring (bicyclic) bond motifs is 6. The topological polar surface area (TPSA) is 25.8 Å². The van der Waals surface area contributed by atoms with Crippen LogP contribution in [0.1, 0.15) is 25.0 Å². The van der Waals surface area contributed by atoms with Crippen molar-refractivity contribution in [3.05, 3.63) is 169 Å². The van der Waals surface area contributed by atoms with Crippen molar-refractivity contribution >= 4 is 31.5 Å². The summed E-state index contributed by atoms with van der Waals surface area (Å²) < 4.78 is 2.68. The smallest absolute Gasteiger partial charge is 0.0440 e. The molecule has 0 atom stereocenters. The first-order valence-corrected chi connectivity index (χ1v) is 16.3. The molecule has 0 N–H and O–H groups in total. The third kappa shape index (κ3) is 5.53. The molecule has 0 saturated heterocycles. The summed E-state index contributed by atoms with van der Waals surface area (Å²) in [6.07, 6.45) is 3.73. The third-order valence-corrected chi connectivity index (χ3v) is 10.1. The maximum Gasteiger partial charge on any atom is 0.0440 e. The van der Waals surface area contributed by atoms with Crippen LogP contribution in [0.25, 0.3) is 64.9 Å². The zero-order valence-corrected chi connectivity index (χ0v) is 29.2.